The monoisotopic (exact) mass is 487 g/mol. The SMILES string of the molecule is FC(F)Sc1ccc(NC(=S)NC[C@@H](c2ccccc2Cl)c2c[nH]c3ccccc23)cc1. The summed E-state index contributed by atoms with van der Waals surface area (Å²) in [5.74, 6) is -2.48. The van der Waals surface area contributed by atoms with Gasteiger partial charge in [-0.3, -0.25) is 0 Å². The Morgan fingerprint density at radius 1 is 0.969 bits per heavy atom. The van der Waals surface area contributed by atoms with Gasteiger partial charge >= 0.3 is 0 Å². The molecular weight excluding hydrogens is 468 g/mol. The molecule has 3 N–H and O–H groups in total. The Hall–Kier alpha value is -2.61. The molecule has 164 valence electrons. The molecule has 8 heteroatoms. The molecule has 0 aliphatic heterocycles. The van der Waals surface area contributed by atoms with Crippen LogP contribution in [0.25, 0.3) is 10.9 Å². The second-order valence-electron chi connectivity index (χ2n) is 7.10. The summed E-state index contributed by atoms with van der Waals surface area (Å²) in [6, 6.07) is 22.6. The lowest BCUT2D eigenvalue weighted by molar-refractivity contribution is 0.252. The van der Waals surface area contributed by atoms with Crippen molar-refractivity contribution in [3.63, 3.8) is 0 Å². The predicted molar refractivity (Wildman–Crippen MR) is 134 cm³/mol. The van der Waals surface area contributed by atoms with Crippen molar-refractivity contribution in [3.8, 4) is 0 Å². The van der Waals surface area contributed by atoms with E-state index in [4.69, 9.17) is 23.8 Å². The Kier molecular flexibility index (Phi) is 7.29. The third kappa shape index (κ3) is 5.41. The maximum Gasteiger partial charge on any atom is 0.288 e. The minimum Gasteiger partial charge on any atom is -0.361 e. The number of aromatic amines is 1. The second-order valence-corrected chi connectivity index (χ2v) is 8.98. The fourth-order valence-electron chi connectivity index (χ4n) is 3.62. The van der Waals surface area contributed by atoms with Crippen molar-refractivity contribution in [1.29, 1.82) is 0 Å². The van der Waals surface area contributed by atoms with Gasteiger partial charge in [0, 0.05) is 45.2 Å². The highest BCUT2D eigenvalue weighted by Crippen LogP contribution is 2.34. The summed E-state index contributed by atoms with van der Waals surface area (Å²) in [5.41, 5.74) is 3.91. The van der Waals surface area contributed by atoms with Gasteiger partial charge < -0.3 is 15.6 Å². The summed E-state index contributed by atoms with van der Waals surface area (Å²) in [4.78, 5) is 3.83. The van der Waals surface area contributed by atoms with E-state index in [2.05, 4.69) is 21.7 Å². The summed E-state index contributed by atoms with van der Waals surface area (Å²) >= 11 is 12.5. The maximum atomic E-state index is 12.5. The van der Waals surface area contributed by atoms with Crippen molar-refractivity contribution in [2.75, 3.05) is 11.9 Å². The van der Waals surface area contributed by atoms with Gasteiger partial charge in [-0.05, 0) is 59.7 Å². The fraction of sp³-hybridized carbons (Fsp3) is 0.125. The first kappa shape index (κ1) is 22.6. The van der Waals surface area contributed by atoms with Gasteiger partial charge in [0.1, 0.15) is 0 Å². The minimum atomic E-state index is -2.44. The highest BCUT2D eigenvalue weighted by atomic mass is 35.5. The zero-order valence-electron chi connectivity index (χ0n) is 16.8. The van der Waals surface area contributed by atoms with E-state index in [9.17, 15) is 8.78 Å². The molecule has 1 aromatic heterocycles. The standard InChI is InChI=1S/C24H20ClF2N3S2/c25-21-7-3-1-5-17(21)19(20-13-28-22-8-4-2-6-18(20)22)14-29-24(31)30-15-9-11-16(12-10-15)32-23(26)27/h1-13,19,23,28H,14H2,(H2,29,30,31)/t19-/m0/s1. The first-order valence-corrected chi connectivity index (χ1v) is 11.6. The summed E-state index contributed by atoms with van der Waals surface area (Å²) in [6.45, 7) is 0.525. The van der Waals surface area contributed by atoms with Crippen LogP contribution in [-0.4, -0.2) is 22.4 Å². The van der Waals surface area contributed by atoms with Crippen LogP contribution in [0.3, 0.4) is 0 Å². The first-order valence-electron chi connectivity index (χ1n) is 9.91. The average Bonchev–Trinajstić information content (AvgIpc) is 3.20. The number of hydrogen-bond acceptors (Lipinski definition) is 2. The van der Waals surface area contributed by atoms with Crippen LogP contribution < -0.4 is 10.6 Å². The molecule has 1 heterocycles. The van der Waals surface area contributed by atoms with Crippen LogP contribution in [-0.2, 0) is 0 Å². The van der Waals surface area contributed by atoms with Crippen LogP contribution >= 0.6 is 35.6 Å². The number of thiocarbonyl (C=S) groups is 1. The number of anilines is 1. The molecule has 3 nitrogen and oxygen atoms in total. The summed E-state index contributed by atoms with van der Waals surface area (Å²) in [7, 11) is 0. The molecular formula is C24H20ClF2N3S2. The van der Waals surface area contributed by atoms with Gasteiger partial charge in [0.2, 0.25) is 0 Å². The zero-order valence-corrected chi connectivity index (χ0v) is 19.2. The highest BCUT2D eigenvalue weighted by Gasteiger charge is 2.20. The third-order valence-electron chi connectivity index (χ3n) is 5.08. The van der Waals surface area contributed by atoms with Crippen LogP contribution in [0.4, 0.5) is 14.5 Å². The lowest BCUT2D eigenvalue weighted by atomic mass is 9.91. The van der Waals surface area contributed by atoms with Crippen LogP contribution in [0.5, 0.6) is 0 Å². The maximum absolute atomic E-state index is 12.5. The quantitative estimate of drug-likeness (QED) is 0.189. The zero-order chi connectivity index (χ0) is 22.5. The first-order chi connectivity index (χ1) is 15.5. The van der Waals surface area contributed by atoms with Crippen molar-refractivity contribution >= 4 is 57.3 Å². The topological polar surface area (TPSA) is 39.8 Å². The van der Waals surface area contributed by atoms with Gasteiger partial charge in [-0.15, -0.1) is 0 Å². The Balaban J connectivity index is 1.51. The lowest BCUT2D eigenvalue weighted by Gasteiger charge is -2.21. The normalized spacial score (nSPS) is 12.1. The number of para-hydroxylation sites is 1. The molecule has 0 amide bonds. The number of fused-ring (bicyclic) bond motifs is 1. The molecule has 0 saturated carbocycles. The molecule has 0 unspecified atom stereocenters. The van der Waals surface area contributed by atoms with E-state index in [1.54, 1.807) is 24.3 Å². The van der Waals surface area contributed by atoms with E-state index >= 15 is 0 Å². The number of thioether (sulfide) groups is 1. The molecule has 0 aliphatic carbocycles. The van der Waals surface area contributed by atoms with Gasteiger partial charge in [-0.25, -0.2) is 0 Å². The number of H-pyrrole nitrogens is 1. The number of rotatable bonds is 7. The van der Waals surface area contributed by atoms with Gasteiger partial charge in [0.25, 0.3) is 5.76 Å². The Labute approximate surface area is 199 Å². The third-order valence-corrected chi connectivity index (χ3v) is 6.39. The number of benzene rings is 3. The Morgan fingerprint density at radius 3 is 2.44 bits per heavy atom. The van der Waals surface area contributed by atoms with E-state index in [0.29, 0.717) is 33.3 Å². The number of nitrogens with one attached hydrogen (secondary N) is 3. The number of aromatic nitrogens is 1. The lowest BCUT2D eigenvalue weighted by Crippen LogP contribution is -2.32. The molecule has 4 aromatic rings. The second kappa shape index (κ2) is 10.3. The van der Waals surface area contributed by atoms with E-state index in [-0.39, 0.29) is 5.92 Å². The summed E-state index contributed by atoms with van der Waals surface area (Å²) < 4.78 is 25.0. The van der Waals surface area contributed by atoms with Gasteiger partial charge in [0.05, 0.1) is 0 Å². The molecule has 0 saturated heterocycles. The van der Waals surface area contributed by atoms with Crippen molar-refractivity contribution < 1.29 is 8.78 Å². The van der Waals surface area contributed by atoms with Crippen LogP contribution in [0, 0.1) is 0 Å². The van der Waals surface area contributed by atoms with Crippen LogP contribution in [0.15, 0.2) is 83.9 Å². The average molecular weight is 488 g/mol. The largest absolute Gasteiger partial charge is 0.361 e. The van der Waals surface area contributed by atoms with Crippen molar-refractivity contribution in [2.24, 2.45) is 0 Å². The number of hydrogen-bond donors (Lipinski definition) is 3. The van der Waals surface area contributed by atoms with E-state index in [1.807, 2.05) is 48.7 Å². The summed E-state index contributed by atoms with van der Waals surface area (Å²) in [5, 5.41) is 8.65. The Morgan fingerprint density at radius 2 is 1.69 bits per heavy atom. The highest BCUT2D eigenvalue weighted by molar-refractivity contribution is 7.99. The molecule has 0 fully saturated rings. The molecule has 4 rings (SSSR count). The molecule has 32 heavy (non-hydrogen) atoms. The fourth-order valence-corrected chi connectivity index (χ4v) is 4.58. The molecule has 1 atom stereocenters. The van der Waals surface area contributed by atoms with E-state index in [0.717, 1.165) is 27.7 Å². The molecule has 0 spiro atoms. The smallest absolute Gasteiger partial charge is 0.288 e. The number of halogens is 3. The van der Waals surface area contributed by atoms with Gasteiger partial charge in [-0.2, -0.15) is 8.78 Å². The van der Waals surface area contributed by atoms with E-state index < -0.39 is 5.76 Å². The Bertz CT molecular complexity index is 1210. The molecule has 0 aliphatic rings. The van der Waals surface area contributed by atoms with E-state index in [1.165, 1.54) is 0 Å². The molecule has 3 aromatic carbocycles. The van der Waals surface area contributed by atoms with Gasteiger partial charge in [0.15, 0.2) is 5.11 Å². The minimum absolute atomic E-state index is 0.0376. The van der Waals surface area contributed by atoms with Gasteiger partial charge in [-0.1, -0.05) is 59.8 Å². The molecule has 0 radical (unpaired) electrons. The summed E-state index contributed by atoms with van der Waals surface area (Å²) in [6.07, 6.45) is 2.01. The van der Waals surface area contributed by atoms with Crippen molar-refractivity contribution in [3.05, 3.63) is 95.1 Å². The number of alkyl halides is 2. The van der Waals surface area contributed by atoms with Crippen molar-refractivity contribution in [2.45, 2.75) is 16.6 Å². The van der Waals surface area contributed by atoms with Crippen molar-refractivity contribution in [1.82, 2.24) is 10.3 Å². The van der Waals surface area contributed by atoms with Crippen LogP contribution in [0.2, 0.25) is 5.02 Å². The molecule has 0 bridgehead atoms. The predicted octanol–water partition coefficient (Wildman–Crippen LogP) is 7.25. The van der Waals surface area contributed by atoms with Crippen LogP contribution in [0.1, 0.15) is 17.0 Å².